The molecule has 8 nitrogen and oxygen atoms in total. The average molecular weight is 478 g/mol. The minimum absolute atomic E-state index is 0.0324. The Labute approximate surface area is 202 Å². The molecular weight excluding hydrogens is 438 g/mol. The fourth-order valence-electron chi connectivity index (χ4n) is 3.40. The number of carbonyl (C=O) groups is 4. The number of esters is 2. The maximum atomic E-state index is 11.9. The highest BCUT2D eigenvalue weighted by Crippen LogP contribution is 2.12. The molecule has 0 aliphatic carbocycles. The molecule has 1 aromatic carbocycles. The molecule has 0 amide bonds. The summed E-state index contributed by atoms with van der Waals surface area (Å²) in [6, 6.07) is 9.19. The lowest BCUT2D eigenvalue weighted by atomic mass is 9.97. The van der Waals surface area contributed by atoms with Gasteiger partial charge in [0.05, 0.1) is 25.1 Å². The fraction of sp³-hybridized carbons (Fsp3) is 0.615. The van der Waals surface area contributed by atoms with Gasteiger partial charge in [-0.1, -0.05) is 58.0 Å². The van der Waals surface area contributed by atoms with E-state index in [2.05, 4.69) is 5.32 Å². The fourth-order valence-corrected chi connectivity index (χ4v) is 3.40. The number of Topliss-reactive ketones (excluding diaryl/α,β-unsaturated/α-hetero) is 2. The normalized spacial score (nSPS) is 20.1. The Morgan fingerprint density at radius 1 is 1.15 bits per heavy atom. The summed E-state index contributed by atoms with van der Waals surface area (Å²) in [6.07, 6.45) is 1.27. The van der Waals surface area contributed by atoms with Gasteiger partial charge in [0.15, 0.2) is 5.78 Å². The summed E-state index contributed by atoms with van der Waals surface area (Å²) in [5, 5.41) is 2.95. The van der Waals surface area contributed by atoms with Crippen LogP contribution in [0.3, 0.4) is 0 Å². The van der Waals surface area contributed by atoms with Crippen LogP contribution in [-0.2, 0) is 40.0 Å². The van der Waals surface area contributed by atoms with Crippen LogP contribution in [0.5, 0.6) is 0 Å². The molecule has 1 saturated heterocycles. The molecule has 34 heavy (non-hydrogen) atoms. The molecule has 0 spiro atoms. The van der Waals surface area contributed by atoms with Gasteiger partial charge in [0, 0.05) is 13.5 Å². The van der Waals surface area contributed by atoms with E-state index in [1.807, 2.05) is 58.0 Å². The Morgan fingerprint density at radius 2 is 1.82 bits per heavy atom. The lowest BCUT2D eigenvalue weighted by Gasteiger charge is -2.24. The third kappa shape index (κ3) is 11.5. The van der Waals surface area contributed by atoms with Crippen LogP contribution in [0.1, 0.15) is 65.4 Å². The Balaban J connectivity index is 0.000000342. The van der Waals surface area contributed by atoms with Gasteiger partial charge in [0.1, 0.15) is 24.9 Å². The van der Waals surface area contributed by atoms with E-state index in [0.717, 1.165) is 12.0 Å². The molecule has 190 valence electrons. The van der Waals surface area contributed by atoms with E-state index in [1.165, 1.54) is 0 Å². The highest BCUT2D eigenvalue weighted by atomic mass is 16.5. The SMILES string of the molecule is CC[C@@H]1CC(=O)CN[C@@H](C(C)C)C(=O)CC(=O)O1.CC[C@H](CC(=O)OCc1ccccc1)OC. The number of nitrogens with one attached hydrogen (secondary N) is 1. The van der Waals surface area contributed by atoms with Crippen molar-refractivity contribution in [2.75, 3.05) is 13.7 Å². The summed E-state index contributed by atoms with van der Waals surface area (Å²) >= 11 is 0. The number of methoxy groups -OCH3 is 1. The number of cyclic esters (lactones) is 1. The van der Waals surface area contributed by atoms with Gasteiger partial charge < -0.3 is 19.5 Å². The van der Waals surface area contributed by atoms with Gasteiger partial charge in [-0.15, -0.1) is 0 Å². The minimum atomic E-state index is -0.533. The second kappa shape index (κ2) is 16.1. The molecule has 1 heterocycles. The molecule has 1 aliphatic heterocycles. The van der Waals surface area contributed by atoms with Crippen molar-refractivity contribution in [3.8, 4) is 0 Å². The van der Waals surface area contributed by atoms with Gasteiger partial charge in [0.25, 0.3) is 0 Å². The van der Waals surface area contributed by atoms with E-state index < -0.39 is 18.1 Å². The van der Waals surface area contributed by atoms with Crippen LogP contribution in [0.4, 0.5) is 0 Å². The van der Waals surface area contributed by atoms with E-state index >= 15 is 0 Å². The first-order valence-corrected chi connectivity index (χ1v) is 11.9. The third-order valence-corrected chi connectivity index (χ3v) is 5.49. The second-order valence-corrected chi connectivity index (χ2v) is 8.62. The van der Waals surface area contributed by atoms with Gasteiger partial charge >= 0.3 is 11.9 Å². The molecule has 0 radical (unpaired) electrons. The molecule has 0 aromatic heterocycles. The number of ketones is 2. The van der Waals surface area contributed by atoms with Crippen molar-refractivity contribution in [1.29, 1.82) is 0 Å². The summed E-state index contributed by atoms with van der Waals surface area (Å²) in [4.78, 5) is 46.6. The maximum absolute atomic E-state index is 11.9. The van der Waals surface area contributed by atoms with Crippen molar-refractivity contribution < 1.29 is 33.4 Å². The smallest absolute Gasteiger partial charge is 0.313 e. The lowest BCUT2D eigenvalue weighted by Crippen LogP contribution is -2.45. The number of ether oxygens (including phenoxy) is 3. The van der Waals surface area contributed by atoms with E-state index in [0.29, 0.717) is 19.4 Å². The summed E-state index contributed by atoms with van der Waals surface area (Å²) < 4.78 is 15.4. The zero-order valence-corrected chi connectivity index (χ0v) is 21.0. The van der Waals surface area contributed by atoms with Crippen LogP contribution in [0.15, 0.2) is 30.3 Å². The van der Waals surface area contributed by atoms with Crippen molar-refractivity contribution in [2.24, 2.45) is 5.92 Å². The van der Waals surface area contributed by atoms with Crippen molar-refractivity contribution in [3.05, 3.63) is 35.9 Å². The lowest BCUT2D eigenvalue weighted by molar-refractivity contribution is -0.153. The monoisotopic (exact) mass is 477 g/mol. The molecule has 0 unspecified atom stereocenters. The summed E-state index contributed by atoms with van der Waals surface area (Å²) in [7, 11) is 1.61. The Morgan fingerprint density at radius 3 is 2.38 bits per heavy atom. The van der Waals surface area contributed by atoms with Crippen LogP contribution in [0, 0.1) is 5.92 Å². The minimum Gasteiger partial charge on any atom is -0.462 e. The highest BCUT2D eigenvalue weighted by Gasteiger charge is 2.28. The first kappa shape index (κ1) is 29.5. The molecule has 1 aliphatic rings. The van der Waals surface area contributed by atoms with Gasteiger partial charge in [-0.3, -0.25) is 19.2 Å². The van der Waals surface area contributed by atoms with Crippen LogP contribution in [0.25, 0.3) is 0 Å². The molecule has 0 bridgehead atoms. The molecule has 0 saturated carbocycles. The molecule has 8 heteroatoms. The zero-order chi connectivity index (χ0) is 25.5. The molecule has 1 fully saturated rings. The number of rotatable bonds is 8. The molecule has 3 atom stereocenters. The predicted octanol–water partition coefficient (Wildman–Crippen LogP) is 3.40. The van der Waals surface area contributed by atoms with E-state index in [-0.39, 0.29) is 48.9 Å². The Hall–Kier alpha value is -2.58. The van der Waals surface area contributed by atoms with Gasteiger partial charge in [-0.25, -0.2) is 0 Å². The largest absolute Gasteiger partial charge is 0.462 e. The van der Waals surface area contributed by atoms with E-state index in [9.17, 15) is 19.2 Å². The van der Waals surface area contributed by atoms with E-state index in [4.69, 9.17) is 14.2 Å². The Bertz CT molecular complexity index is 775. The number of benzene rings is 1. The number of hydrogen-bond donors (Lipinski definition) is 1. The second-order valence-electron chi connectivity index (χ2n) is 8.62. The van der Waals surface area contributed by atoms with Crippen LogP contribution in [0.2, 0.25) is 0 Å². The van der Waals surface area contributed by atoms with E-state index in [1.54, 1.807) is 7.11 Å². The molecular formula is C26H39NO7. The quantitative estimate of drug-likeness (QED) is 0.448. The van der Waals surface area contributed by atoms with Crippen LogP contribution in [-0.4, -0.2) is 55.4 Å². The zero-order valence-electron chi connectivity index (χ0n) is 21.0. The summed E-state index contributed by atoms with van der Waals surface area (Å²) in [5.74, 6) is -0.944. The van der Waals surface area contributed by atoms with Gasteiger partial charge in [-0.2, -0.15) is 0 Å². The average Bonchev–Trinajstić information content (AvgIpc) is 2.81. The first-order chi connectivity index (χ1) is 16.2. The predicted molar refractivity (Wildman–Crippen MR) is 128 cm³/mol. The number of carbonyl (C=O) groups excluding carboxylic acids is 4. The first-order valence-electron chi connectivity index (χ1n) is 11.9. The van der Waals surface area contributed by atoms with Gasteiger partial charge in [-0.05, 0) is 24.3 Å². The van der Waals surface area contributed by atoms with Gasteiger partial charge in [0.2, 0.25) is 0 Å². The summed E-state index contributed by atoms with van der Waals surface area (Å²) in [6.45, 7) is 8.09. The van der Waals surface area contributed by atoms with Crippen molar-refractivity contribution >= 4 is 23.5 Å². The van der Waals surface area contributed by atoms with Crippen molar-refractivity contribution in [3.63, 3.8) is 0 Å². The van der Waals surface area contributed by atoms with Crippen LogP contribution < -0.4 is 5.32 Å². The summed E-state index contributed by atoms with van der Waals surface area (Å²) in [5.41, 5.74) is 1.00. The maximum Gasteiger partial charge on any atom is 0.313 e. The molecule has 1 N–H and O–H groups in total. The highest BCUT2D eigenvalue weighted by molar-refractivity contribution is 5.99. The van der Waals surface area contributed by atoms with Crippen LogP contribution >= 0.6 is 0 Å². The third-order valence-electron chi connectivity index (χ3n) is 5.49. The molecule has 1 aromatic rings. The van der Waals surface area contributed by atoms with Crippen molar-refractivity contribution in [2.45, 2.75) is 84.7 Å². The standard InChI is InChI=1S/C13H21NO4.C13H18O3/c1-4-10-5-9(15)7-14-13(8(2)3)11(16)6-12(17)18-10;1-3-12(15-2)9-13(14)16-10-11-7-5-4-6-8-11/h8,10,13-14H,4-7H2,1-3H3;4-8,12H,3,9-10H2,1-2H3/t10-,13+;12-/m11/s1. The topological polar surface area (TPSA) is 108 Å². The van der Waals surface area contributed by atoms with Crippen molar-refractivity contribution in [1.82, 2.24) is 5.32 Å². The Kier molecular flexibility index (Phi) is 14.0. The molecule has 2 rings (SSSR count). The number of hydrogen-bond acceptors (Lipinski definition) is 8.